The van der Waals surface area contributed by atoms with Crippen LogP contribution in [0.4, 0.5) is 10.5 Å². The van der Waals surface area contributed by atoms with Crippen LogP contribution in [0.3, 0.4) is 0 Å². The van der Waals surface area contributed by atoms with E-state index in [2.05, 4.69) is 5.32 Å². The monoisotopic (exact) mass is 446 g/mol. The molecule has 2 aromatic carbocycles. The van der Waals surface area contributed by atoms with Gasteiger partial charge in [-0.05, 0) is 72.3 Å². The molecule has 1 heterocycles. The van der Waals surface area contributed by atoms with Gasteiger partial charge in [0.1, 0.15) is 6.54 Å². The van der Waals surface area contributed by atoms with E-state index >= 15 is 0 Å². The Bertz CT molecular complexity index is 1040. The van der Waals surface area contributed by atoms with Gasteiger partial charge in [-0.2, -0.15) is 0 Å². The van der Waals surface area contributed by atoms with E-state index in [1.807, 2.05) is 6.92 Å². The number of nitrogens with one attached hydrogen (secondary N) is 1. The average Bonchev–Trinajstić information content (AvgIpc) is 2.98. The second-order valence-electron chi connectivity index (χ2n) is 6.39. The molecule has 2 aromatic rings. The summed E-state index contributed by atoms with van der Waals surface area (Å²) in [6.07, 6.45) is 1.61. The molecule has 0 unspecified atom stereocenters. The van der Waals surface area contributed by atoms with Crippen LogP contribution in [-0.2, 0) is 9.59 Å². The Morgan fingerprint density at radius 1 is 1.13 bits per heavy atom. The van der Waals surface area contributed by atoms with Gasteiger partial charge in [-0.1, -0.05) is 11.6 Å². The minimum atomic E-state index is -0.523. The van der Waals surface area contributed by atoms with Crippen molar-refractivity contribution in [2.45, 2.75) is 6.92 Å². The number of halogens is 1. The normalized spacial score (nSPS) is 14.9. The van der Waals surface area contributed by atoms with Gasteiger partial charge in [0.05, 0.1) is 19.1 Å². The molecule has 9 heteroatoms. The highest BCUT2D eigenvalue weighted by molar-refractivity contribution is 8.18. The molecule has 0 radical (unpaired) electrons. The van der Waals surface area contributed by atoms with Gasteiger partial charge in [0.15, 0.2) is 11.5 Å². The van der Waals surface area contributed by atoms with Gasteiger partial charge in [0, 0.05) is 10.7 Å². The molecule has 3 amide bonds. The molecule has 1 fully saturated rings. The Morgan fingerprint density at radius 3 is 2.40 bits per heavy atom. The van der Waals surface area contributed by atoms with Crippen molar-refractivity contribution >= 4 is 52.2 Å². The van der Waals surface area contributed by atoms with Crippen LogP contribution in [0.2, 0.25) is 5.02 Å². The van der Waals surface area contributed by atoms with E-state index in [1.165, 1.54) is 14.2 Å². The molecule has 0 spiro atoms. The molecule has 156 valence electrons. The third-order valence-corrected chi connectivity index (χ3v) is 5.52. The Labute approximate surface area is 183 Å². The number of rotatable bonds is 6. The molecule has 30 heavy (non-hydrogen) atoms. The van der Waals surface area contributed by atoms with Gasteiger partial charge >= 0.3 is 0 Å². The summed E-state index contributed by atoms with van der Waals surface area (Å²) in [5.41, 5.74) is 2.08. The highest BCUT2D eigenvalue weighted by Gasteiger charge is 2.36. The number of carbonyl (C=O) groups is 3. The topological polar surface area (TPSA) is 84.9 Å². The molecule has 3 rings (SSSR count). The number of anilines is 1. The van der Waals surface area contributed by atoms with Crippen LogP contribution >= 0.6 is 23.4 Å². The maximum Gasteiger partial charge on any atom is 0.294 e. The number of thioether (sulfide) groups is 1. The first-order valence-electron chi connectivity index (χ1n) is 8.85. The standard InChI is InChI=1S/C21H19ClN2O5S/c1-12-8-16(28-2)17(29-3)9-13(12)10-18-20(26)24(21(27)30-18)11-19(25)23-15-6-4-14(22)5-7-15/h4-10H,11H2,1-3H3,(H,23,25)/b18-10-. The third kappa shape index (κ3) is 4.77. The Hall–Kier alpha value is -2.97. The van der Waals surface area contributed by atoms with Crippen molar-refractivity contribution in [2.24, 2.45) is 0 Å². The quantitative estimate of drug-likeness (QED) is 0.664. The SMILES string of the molecule is COc1cc(C)c(/C=C2\SC(=O)N(CC(=O)Nc3ccc(Cl)cc3)C2=O)cc1OC. The molecule has 0 aliphatic carbocycles. The molecule has 1 N–H and O–H groups in total. The van der Waals surface area contributed by atoms with Crippen molar-refractivity contribution in [2.75, 3.05) is 26.1 Å². The molecule has 1 aliphatic heterocycles. The molecule has 0 saturated carbocycles. The van der Waals surface area contributed by atoms with Crippen LogP contribution in [0.1, 0.15) is 11.1 Å². The van der Waals surface area contributed by atoms with Crippen LogP contribution < -0.4 is 14.8 Å². The van der Waals surface area contributed by atoms with E-state index in [0.29, 0.717) is 27.8 Å². The van der Waals surface area contributed by atoms with Crippen LogP contribution in [0, 0.1) is 6.92 Å². The van der Waals surface area contributed by atoms with E-state index in [4.69, 9.17) is 21.1 Å². The fourth-order valence-electron chi connectivity index (χ4n) is 2.81. The van der Waals surface area contributed by atoms with Crippen molar-refractivity contribution < 1.29 is 23.9 Å². The highest BCUT2D eigenvalue weighted by Crippen LogP contribution is 2.35. The summed E-state index contributed by atoms with van der Waals surface area (Å²) >= 11 is 6.61. The number of amides is 3. The van der Waals surface area contributed by atoms with E-state index in [9.17, 15) is 14.4 Å². The van der Waals surface area contributed by atoms with Crippen LogP contribution in [0.15, 0.2) is 41.3 Å². The molecule has 1 saturated heterocycles. The third-order valence-electron chi connectivity index (χ3n) is 4.36. The number of nitrogens with zero attached hydrogens (tertiary/aromatic N) is 1. The van der Waals surface area contributed by atoms with Crippen molar-refractivity contribution in [3.63, 3.8) is 0 Å². The summed E-state index contributed by atoms with van der Waals surface area (Å²) in [6, 6.07) is 10.0. The zero-order chi connectivity index (χ0) is 21.8. The molecular formula is C21H19ClN2O5S. The number of ether oxygens (including phenoxy) is 2. The number of hydrogen-bond acceptors (Lipinski definition) is 6. The Balaban J connectivity index is 1.76. The van der Waals surface area contributed by atoms with E-state index in [1.54, 1.807) is 42.5 Å². The summed E-state index contributed by atoms with van der Waals surface area (Å²) < 4.78 is 10.6. The second-order valence-corrected chi connectivity index (χ2v) is 7.82. The molecule has 0 aromatic heterocycles. The lowest BCUT2D eigenvalue weighted by molar-refractivity contribution is -0.127. The summed E-state index contributed by atoms with van der Waals surface area (Å²) in [6.45, 7) is 1.48. The van der Waals surface area contributed by atoms with E-state index in [0.717, 1.165) is 22.2 Å². The number of aryl methyl sites for hydroxylation is 1. The highest BCUT2D eigenvalue weighted by atomic mass is 35.5. The van der Waals surface area contributed by atoms with Gasteiger partial charge in [0.25, 0.3) is 11.1 Å². The molecule has 1 aliphatic rings. The van der Waals surface area contributed by atoms with Crippen molar-refractivity contribution in [1.82, 2.24) is 4.90 Å². The van der Waals surface area contributed by atoms with Crippen LogP contribution in [0.5, 0.6) is 11.5 Å². The average molecular weight is 447 g/mol. The predicted molar refractivity (Wildman–Crippen MR) is 117 cm³/mol. The zero-order valence-corrected chi connectivity index (χ0v) is 18.1. The first kappa shape index (κ1) is 21.7. The van der Waals surface area contributed by atoms with Crippen molar-refractivity contribution in [3.8, 4) is 11.5 Å². The van der Waals surface area contributed by atoms with Gasteiger partial charge in [-0.15, -0.1) is 0 Å². The molecule has 0 atom stereocenters. The maximum atomic E-state index is 12.7. The van der Waals surface area contributed by atoms with E-state index < -0.39 is 17.1 Å². The predicted octanol–water partition coefficient (Wildman–Crippen LogP) is 4.34. The largest absolute Gasteiger partial charge is 0.493 e. The molecular weight excluding hydrogens is 428 g/mol. The van der Waals surface area contributed by atoms with E-state index in [-0.39, 0.29) is 11.4 Å². The van der Waals surface area contributed by atoms with Crippen molar-refractivity contribution in [3.05, 3.63) is 57.5 Å². The fourth-order valence-corrected chi connectivity index (χ4v) is 3.76. The summed E-state index contributed by atoms with van der Waals surface area (Å²) in [5, 5.41) is 2.67. The van der Waals surface area contributed by atoms with Gasteiger partial charge in [-0.3, -0.25) is 19.3 Å². The number of benzene rings is 2. The molecule has 7 nitrogen and oxygen atoms in total. The van der Waals surface area contributed by atoms with Crippen LogP contribution in [-0.4, -0.2) is 42.7 Å². The Morgan fingerprint density at radius 2 is 1.77 bits per heavy atom. The fraction of sp³-hybridized carbons (Fsp3) is 0.190. The number of imide groups is 1. The maximum absolute atomic E-state index is 12.7. The van der Waals surface area contributed by atoms with Crippen LogP contribution in [0.25, 0.3) is 6.08 Å². The van der Waals surface area contributed by atoms with Gasteiger partial charge in [-0.25, -0.2) is 0 Å². The number of methoxy groups -OCH3 is 2. The first-order valence-corrected chi connectivity index (χ1v) is 10.0. The minimum absolute atomic E-state index is 0.231. The smallest absolute Gasteiger partial charge is 0.294 e. The summed E-state index contributed by atoms with van der Waals surface area (Å²) in [5.74, 6) is 0.0728. The number of hydrogen-bond donors (Lipinski definition) is 1. The first-order chi connectivity index (χ1) is 14.3. The lowest BCUT2D eigenvalue weighted by Crippen LogP contribution is -2.36. The summed E-state index contributed by atoms with van der Waals surface area (Å²) in [4.78, 5) is 38.4. The van der Waals surface area contributed by atoms with Gasteiger partial charge < -0.3 is 14.8 Å². The summed E-state index contributed by atoms with van der Waals surface area (Å²) in [7, 11) is 3.06. The minimum Gasteiger partial charge on any atom is -0.493 e. The van der Waals surface area contributed by atoms with Crippen molar-refractivity contribution in [1.29, 1.82) is 0 Å². The number of carbonyl (C=O) groups excluding carboxylic acids is 3. The second kappa shape index (κ2) is 9.23. The zero-order valence-electron chi connectivity index (χ0n) is 16.5. The lowest BCUT2D eigenvalue weighted by Gasteiger charge is -2.13. The Kier molecular flexibility index (Phi) is 6.69. The van der Waals surface area contributed by atoms with Gasteiger partial charge in [0.2, 0.25) is 5.91 Å². The molecule has 0 bridgehead atoms. The lowest BCUT2D eigenvalue weighted by atomic mass is 10.1.